The zero-order valence-electron chi connectivity index (χ0n) is 13.9. The molecule has 0 bridgehead atoms. The van der Waals surface area contributed by atoms with E-state index in [-0.39, 0.29) is 0 Å². The van der Waals surface area contributed by atoms with Crippen molar-refractivity contribution < 1.29 is 8.83 Å². The number of hydrogen-bond acceptors (Lipinski definition) is 2. The number of rotatable bonds is 1. The van der Waals surface area contributed by atoms with Crippen LogP contribution in [0.25, 0.3) is 55.0 Å². The van der Waals surface area contributed by atoms with Gasteiger partial charge in [0.15, 0.2) is 0 Å². The third-order valence-corrected chi connectivity index (χ3v) is 5.08. The summed E-state index contributed by atoms with van der Waals surface area (Å²) in [6, 6.07) is 29.1. The molecule has 122 valence electrons. The second-order valence-corrected chi connectivity index (χ2v) is 6.59. The second-order valence-electron chi connectivity index (χ2n) is 6.59. The zero-order valence-corrected chi connectivity index (χ0v) is 13.9. The first-order valence-corrected chi connectivity index (χ1v) is 8.70. The Hall–Kier alpha value is -3.52. The number of para-hydroxylation sites is 1. The maximum Gasteiger partial charge on any atom is 0.147 e. The first kappa shape index (κ1) is 13.7. The van der Waals surface area contributed by atoms with E-state index < -0.39 is 0 Å². The molecule has 0 N–H and O–H groups in total. The summed E-state index contributed by atoms with van der Waals surface area (Å²) in [5.41, 5.74) is 5.95. The van der Waals surface area contributed by atoms with Crippen molar-refractivity contribution in [1.82, 2.24) is 0 Å². The predicted octanol–water partition coefficient (Wildman–Crippen LogP) is 7.15. The quantitative estimate of drug-likeness (QED) is 0.319. The van der Waals surface area contributed by atoms with Gasteiger partial charge in [-0.15, -0.1) is 0 Å². The Balaban J connectivity index is 1.73. The monoisotopic (exact) mass is 334 g/mol. The van der Waals surface area contributed by atoms with Crippen LogP contribution in [0.5, 0.6) is 0 Å². The van der Waals surface area contributed by atoms with Crippen LogP contribution >= 0.6 is 0 Å². The lowest BCUT2D eigenvalue weighted by atomic mass is 10.0. The van der Waals surface area contributed by atoms with E-state index in [9.17, 15) is 0 Å². The van der Waals surface area contributed by atoms with E-state index in [0.717, 1.165) is 43.9 Å². The first-order valence-electron chi connectivity index (χ1n) is 8.70. The summed E-state index contributed by atoms with van der Waals surface area (Å²) >= 11 is 0. The van der Waals surface area contributed by atoms with E-state index in [1.54, 1.807) is 0 Å². The standard InChI is InChI=1S/C24H14O2/c1-2-6-15(7-3-1)16-10-12-21-19(14-16)17-11-13-22-23(24(17)26-21)18-8-4-5-9-20(18)25-22/h1-14H. The van der Waals surface area contributed by atoms with Gasteiger partial charge in [0.05, 0.1) is 5.39 Å². The van der Waals surface area contributed by atoms with Crippen LogP contribution in [0.4, 0.5) is 0 Å². The molecule has 0 amide bonds. The lowest BCUT2D eigenvalue weighted by Gasteiger charge is -2.01. The average molecular weight is 334 g/mol. The molecule has 0 unspecified atom stereocenters. The number of furan rings is 2. The highest BCUT2D eigenvalue weighted by atomic mass is 16.3. The van der Waals surface area contributed by atoms with Gasteiger partial charge in [0.1, 0.15) is 22.3 Å². The summed E-state index contributed by atoms with van der Waals surface area (Å²) in [6.07, 6.45) is 0. The largest absolute Gasteiger partial charge is 0.456 e. The molecule has 0 aliphatic rings. The SMILES string of the molecule is c1ccc(-c2ccc3oc4c(ccc5oc6ccccc6c54)c3c2)cc1. The molecule has 26 heavy (non-hydrogen) atoms. The molecule has 0 fully saturated rings. The summed E-state index contributed by atoms with van der Waals surface area (Å²) in [6.45, 7) is 0. The van der Waals surface area contributed by atoms with Gasteiger partial charge in [0, 0.05) is 16.2 Å². The van der Waals surface area contributed by atoms with Crippen LogP contribution in [-0.2, 0) is 0 Å². The molecular formula is C24H14O2. The van der Waals surface area contributed by atoms with Crippen LogP contribution < -0.4 is 0 Å². The molecule has 0 aliphatic heterocycles. The highest BCUT2D eigenvalue weighted by Crippen LogP contribution is 2.39. The van der Waals surface area contributed by atoms with Gasteiger partial charge < -0.3 is 8.83 Å². The van der Waals surface area contributed by atoms with Crippen LogP contribution in [0.15, 0.2) is 93.8 Å². The molecule has 2 heteroatoms. The molecule has 6 rings (SSSR count). The van der Waals surface area contributed by atoms with Crippen molar-refractivity contribution in [2.45, 2.75) is 0 Å². The molecular weight excluding hydrogens is 320 g/mol. The lowest BCUT2D eigenvalue weighted by molar-refractivity contribution is 0.663. The van der Waals surface area contributed by atoms with Crippen molar-refractivity contribution >= 4 is 43.9 Å². The summed E-state index contributed by atoms with van der Waals surface area (Å²) in [5.74, 6) is 0. The van der Waals surface area contributed by atoms with Gasteiger partial charge in [-0.3, -0.25) is 0 Å². The summed E-state index contributed by atoms with van der Waals surface area (Å²) < 4.78 is 12.3. The minimum absolute atomic E-state index is 0.862. The topological polar surface area (TPSA) is 26.3 Å². The molecule has 2 heterocycles. The fourth-order valence-electron chi connectivity index (χ4n) is 3.85. The Bertz CT molecular complexity index is 1420. The summed E-state index contributed by atoms with van der Waals surface area (Å²) in [7, 11) is 0. The Morgan fingerprint density at radius 1 is 0.462 bits per heavy atom. The molecule has 0 atom stereocenters. The van der Waals surface area contributed by atoms with Crippen LogP contribution in [0, 0.1) is 0 Å². The minimum atomic E-state index is 0.862. The van der Waals surface area contributed by atoms with Gasteiger partial charge in [0.25, 0.3) is 0 Å². The van der Waals surface area contributed by atoms with Crippen LogP contribution in [-0.4, -0.2) is 0 Å². The molecule has 0 saturated heterocycles. The lowest BCUT2D eigenvalue weighted by Crippen LogP contribution is -1.76. The first-order chi connectivity index (χ1) is 12.9. The molecule has 0 aliphatic carbocycles. The molecule has 0 radical (unpaired) electrons. The van der Waals surface area contributed by atoms with Crippen molar-refractivity contribution in [1.29, 1.82) is 0 Å². The van der Waals surface area contributed by atoms with E-state index in [1.807, 2.05) is 30.3 Å². The van der Waals surface area contributed by atoms with E-state index in [0.29, 0.717) is 0 Å². The van der Waals surface area contributed by atoms with Gasteiger partial charge >= 0.3 is 0 Å². The summed E-state index contributed by atoms with van der Waals surface area (Å²) in [5, 5.41) is 4.40. The smallest absolute Gasteiger partial charge is 0.147 e. The van der Waals surface area contributed by atoms with Crippen LogP contribution in [0.1, 0.15) is 0 Å². The number of fused-ring (bicyclic) bond motifs is 7. The average Bonchev–Trinajstić information content (AvgIpc) is 3.26. The van der Waals surface area contributed by atoms with Gasteiger partial charge in [-0.05, 0) is 41.5 Å². The van der Waals surface area contributed by atoms with E-state index in [4.69, 9.17) is 8.83 Å². The van der Waals surface area contributed by atoms with E-state index in [1.165, 1.54) is 11.1 Å². The third-order valence-electron chi connectivity index (χ3n) is 5.08. The van der Waals surface area contributed by atoms with Crippen molar-refractivity contribution in [2.24, 2.45) is 0 Å². The highest BCUT2D eigenvalue weighted by Gasteiger charge is 2.16. The molecule has 0 saturated carbocycles. The number of hydrogen-bond donors (Lipinski definition) is 0. The molecule has 6 aromatic rings. The fraction of sp³-hybridized carbons (Fsp3) is 0. The van der Waals surface area contributed by atoms with Crippen molar-refractivity contribution in [3.63, 3.8) is 0 Å². The van der Waals surface area contributed by atoms with Crippen molar-refractivity contribution in [3.05, 3.63) is 84.9 Å². The fourth-order valence-corrected chi connectivity index (χ4v) is 3.85. The van der Waals surface area contributed by atoms with Crippen molar-refractivity contribution in [2.75, 3.05) is 0 Å². The Morgan fingerprint density at radius 2 is 1.23 bits per heavy atom. The van der Waals surface area contributed by atoms with E-state index >= 15 is 0 Å². The minimum Gasteiger partial charge on any atom is -0.456 e. The molecule has 4 aromatic carbocycles. The molecule has 2 aromatic heterocycles. The van der Waals surface area contributed by atoms with Crippen molar-refractivity contribution in [3.8, 4) is 11.1 Å². The maximum absolute atomic E-state index is 6.26. The van der Waals surface area contributed by atoms with Gasteiger partial charge in [-0.2, -0.15) is 0 Å². The zero-order chi connectivity index (χ0) is 17.1. The highest BCUT2D eigenvalue weighted by molar-refractivity contribution is 6.22. The van der Waals surface area contributed by atoms with Gasteiger partial charge in [-0.25, -0.2) is 0 Å². The van der Waals surface area contributed by atoms with E-state index in [2.05, 4.69) is 54.6 Å². The molecule has 2 nitrogen and oxygen atoms in total. The Labute approximate surface area is 149 Å². The normalized spacial score (nSPS) is 11.8. The Morgan fingerprint density at radius 3 is 2.15 bits per heavy atom. The third kappa shape index (κ3) is 1.81. The predicted molar refractivity (Wildman–Crippen MR) is 106 cm³/mol. The van der Waals surface area contributed by atoms with Crippen LogP contribution in [0.2, 0.25) is 0 Å². The Kier molecular flexibility index (Phi) is 2.64. The van der Waals surface area contributed by atoms with Gasteiger partial charge in [-0.1, -0.05) is 54.6 Å². The summed E-state index contributed by atoms with van der Waals surface area (Å²) in [4.78, 5) is 0. The number of benzene rings is 4. The maximum atomic E-state index is 6.26. The van der Waals surface area contributed by atoms with Crippen LogP contribution in [0.3, 0.4) is 0 Å². The second kappa shape index (κ2) is 4.99. The molecule has 0 spiro atoms. The van der Waals surface area contributed by atoms with Gasteiger partial charge in [0.2, 0.25) is 0 Å².